The van der Waals surface area contributed by atoms with Crippen molar-refractivity contribution >= 4 is 17.3 Å². The first-order valence-corrected chi connectivity index (χ1v) is 5.08. The third kappa shape index (κ3) is 5.70. The first-order chi connectivity index (χ1) is 7.22. The van der Waals surface area contributed by atoms with E-state index in [-0.39, 0.29) is 5.91 Å². The average molecular weight is 209 g/mol. The number of carbonyl (C=O) groups is 1. The molecule has 1 aromatic carbocycles. The van der Waals surface area contributed by atoms with Crippen molar-refractivity contribution in [3.05, 3.63) is 24.3 Å². The van der Waals surface area contributed by atoms with Gasteiger partial charge in [0, 0.05) is 24.3 Å². The highest BCUT2D eigenvalue weighted by atomic mass is 16.1. The van der Waals surface area contributed by atoms with Gasteiger partial charge in [0.05, 0.1) is 0 Å². The lowest BCUT2D eigenvalue weighted by molar-refractivity contribution is -0.116. The highest BCUT2D eigenvalue weighted by Gasteiger charge is 1.99. The van der Waals surface area contributed by atoms with Crippen LogP contribution >= 0.6 is 0 Å². The Morgan fingerprint density at radius 1 is 1.27 bits per heavy atom. The molecule has 0 spiro atoms. The van der Waals surface area contributed by atoms with E-state index in [0.29, 0.717) is 18.7 Å². The molecule has 0 heterocycles. The summed E-state index contributed by atoms with van der Waals surface area (Å²) in [7, 11) is 0. The molecule has 0 aliphatic rings. The van der Waals surface area contributed by atoms with Gasteiger partial charge in [-0.1, -0.05) is 13.8 Å². The maximum Gasteiger partial charge on any atom is 0.225 e. The fourth-order valence-electron chi connectivity index (χ4n) is 0.921. The van der Waals surface area contributed by atoms with E-state index < -0.39 is 0 Å². The van der Waals surface area contributed by atoms with Gasteiger partial charge in [-0.3, -0.25) is 4.79 Å². The van der Waals surface area contributed by atoms with Gasteiger partial charge < -0.3 is 16.8 Å². The topological polar surface area (TPSA) is 81.1 Å². The van der Waals surface area contributed by atoms with Crippen molar-refractivity contribution in [3.8, 4) is 0 Å². The number of hydrogen-bond acceptors (Lipinski definition) is 3. The minimum absolute atomic E-state index is 0.0766. The SMILES string of the molecule is CC.NCCC(=O)Nc1ccc(N)cc1. The van der Waals surface area contributed by atoms with E-state index in [4.69, 9.17) is 11.5 Å². The molecule has 84 valence electrons. The zero-order valence-corrected chi connectivity index (χ0v) is 9.29. The van der Waals surface area contributed by atoms with Crippen molar-refractivity contribution in [1.29, 1.82) is 0 Å². The van der Waals surface area contributed by atoms with Crippen LogP contribution in [0.4, 0.5) is 11.4 Å². The zero-order chi connectivity index (χ0) is 11.7. The number of benzene rings is 1. The lowest BCUT2D eigenvalue weighted by Crippen LogP contribution is -2.16. The average Bonchev–Trinajstić information content (AvgIpc) is 2.25. The fraction of sp³-hybridized carbons (Fsp3) is 0.364. The highest BCUT2D eigenvalue weighted by Crippen LogP contribution is 2.10. The molecule has 15 heavy (non-hydrogen) atoms. The van der Waals surface area contributed by atoms with E-state index in [2.05, 4.69) is 5.32 Å². The molecule has 0 fully saturated rings. The molecule has 0 aliphatic heterocycles. The van der Waals surface area contributed by atoms with Gasteiger partial charge in [-0.2, -0.15) is 0 Å². The van der Waals surface area contributed by atoms with Crippen molar-refractivity contribution in [2.45, 2.75) is 20.3 Å². The third-order valence-electron chi connectivity index (χ3n) is 1.57. The van der Waals surface area contributed by atoms with Gasteiger partial charge in [-0.15, -0.1) is 0 Å². The van der Waals surface area contributed by atoms with E-state index >= 15 is 0 Å². The number of nitrogen functional groups attached to an aromatic ring is 1. The molecular weight excluding hydrogens is 190 g/mol. The van der Waals surface area contributed by atoms with E-state index in [1.807, 2.05) is 13.8 Å². The monoisotopic (exact) mass is 209 g/mol. The molecule has 0 bridgehead atoms. The van der Waals surface area contributed by atoms with Crippen molar-refractivity contribution in [1.82, 2.24) is 0 Å². The lowest BCUT2D eigenvalue weighted by atomic mass is 10.3. The summed E-state index contributed by atoms with van der Waals surface area (Å²) in [6.07, 6.45) is 0.338. The Bertz CT molecular complexity index is 282. The number of amides is 1. The minimum atomic E-state index is -0.0766. The van der Waals surface area contributed by atoms with Gasteiger partial charge in [-0.25, -0.2) is 0 Å². The van der Waals surface area contributed by atoms with E-state index in [1.54, 1.807) is 24.3 Å². The van der Waals surface area contributed by atoms with Crippen molar-refractivity contribution in [2.75, 3.05) is 17.6 Å². The van der Waals surface area contributed by atoms with Crippen LogP contribution in [0.25, 0.3) is 0 Å². The molecule has 0 aliphatic carbocycles. The highest BCUT2D eigenvalue weighted by molar-refractivity contribution is 5.90. The molecule has 1 aromatic rings. The maximum atomic E-state index is 11.1. The molecule has 0 atom stereocenters. The van der Waals surface area contributed by atoms with Crippen LogP contribution in [-0.2, 0) is 4.79 Å². The second kappa shape index (κ2) is 7.82. The summed E-state index contributed by atoms with van der Waals surface area (Å²) in [5.41, 5.74) is 12.1. The maximum absolute atomic E-state index is 11.1. The largest absolute Gasteiger partial charge is 0.399 e. The summed E-state index contributed by atoms with van der Waals surface area (Å²) in [6.45, 7) is 4.36. The molecule has 0 saturated heterocycles. The summed E-state index contributed by atoms with van der Waals surface area (Å²) < 4.78 is 0. The Morgan fingerprint density at radius 3 is 2.27 bits per heavy atom. The molecule has 0 radical (unpaired) electrons. The Hall–Kier alpha value is -1.55. The predicted octanol–water partition coefficient (Wildman–Crippen LogP) is 1.58. The molecule has 0 saturated carbocycles. The van der Waals surface area contributed by atoms with E-state index in [9.17, 15) is 4.79 Å². The first kappa shape index (κ1) is 13.4. The fourth-order valence-corrected chi connectivity index (χ4v) is 0.921. The second-order valence-corrected chi connectivity index (χ2v) is 2.71. The number of nitrogens with two attached hydrogens (primary N) is 2. The van der Waals surface area contributed by atoms with Crippen LogP contribution in [0, 0.1) is 0 Å². The van der Waals surface area contributed by atoms with Crippen molar-refractivity contribution < 1.29 is 4.79 Å². The third-order valence-corrected chi connectivity index (χ3v) is 1.57. The van der Waals surface area contributed by atoms with Gasteiger partial charge in [0.15, 0.2) is 0 Å². The standard InChI is InChI=1S/C9H13N3O.C2H6/c10-6-5-9(13)12-8-3-1-7(11)2-4-8;1-2/h1-4H,5-6,10-11H2,(H,12,13);1-2H3. The molecule has 1 rings (SSSR count). The summed E-state index contributed by atoms with van der Waals surface area (Å²) in [5, 5.41) is 2.70. The van der Waals surface area contributed by atoms with Crippen LogP contribution in [0.15, 0.2) is 24.3 Å². The molecule has 1 amide bonds. The quantitative estimate of drug-likeness (QED) is 0.661. The molecule has 5 N–H and O–H groups in total. The van der Waals surface area contributed by atoms with Crippen LogP contribution in [0.1, 0.15) is 20.3 Å². The van der Waals surface area contributed by atoms with Crippen LogP contribution in [0.5, 0.6) is 0 Å². The van der Waals surface area contributed by atoms with Crippen molar-refractivity contribution in [3.63, 3.8) is 0 Å². The van der Waals surface area contributed by atoms with E-state index in [0.717, 1.165) is 5.69 Å². The van der Waals surface area contributed by atoms with Crippen LogP contribution in [-0.4, -0.2) is 12.5 Å². The van der Waals surface area contributed by atoms with Gasteiger partial charge in [0.2, 0.25) is 5.91 Å². The van der Waals surface area contributed by atoms with Crippen LogP contribution < -0.4 is 16.8 Å². The number of hydrogen-bond donors (Lipinski definition) is 3. The number of nitrogens with one attached hydrogen (secondary N) is 1. The molecule has 0 aromatic heterocycles. The van der Waals surface area contributed by atoms with E-state index in [1.165, 1.54) is 0 Å². The van der Waals surface area contributed by atoms with Crippen LogP contribution in [0.2, 0.25) is 0 Å². The van der Waals surface area contributed by atoms with Gasteiger partial charge in [0.1, 0.15) is 0 Å². The lowest BCUT2D eigenvalue weighted by Gasteiger charge is -2.03. The Morgan fingerprint density at radius 2 is 1.80 bits per heavy atom. The predicted molar refractivity (Wildman–Crippen MR) is 64.5 cm³/mol. The molecule has 4 heteroatoms. The van der Waals surface area contributed by atoms with Crippen molar-refractivity contribution in [2.24, 2.45) is 5.73 Å². The summed E-state index contributed by atoms with van der Waals surface area (Å²) in [4.78, 5) is 11.1. The normalized spacial score (nSPS) is 8.73. The molecular formula is C11H19N3O. The zero-order valence-electron chi connectivity index (χ0n) is 9.29. The minimum Gasteiger partial charge on any atom is -0.399 e. The van der Waals surface area contributed by atoms with Gasteiger partial charge in [0.25, 0.3) is 0 Å². The number of carbonyl (C=O) groups excluding carboxylic acids is 1. The summed E-state index contributed by atoms with van der Waals surface area (Å²) in [6, 6.07) is 6.98. The number of anilines is 2. The summed E-state index contributed by atoms with van der Waals surface area (Å²) >= 11 is 0. The van der Waals surface area contributed by atoms with Gasteiger partial charge in [-0.05, 0) is 24.3 Å². The smallest absolute Gasteiger partial charge is 0.225 e. The Balaban J connectivity index is 0.000000921. The molecule has 4 nitrogen and oxygen atoms in total. The van der Waals surface area contributed by atoms with Gasteiger partial charge >= 0.3 is 0 Å². The second-order valence-electron chi connectivity index (χ2n) is 2.71. The molecule has 0 unspecified atom stereocenters. The Kier molecular flexibility index (Phi) is 7.01. The Labute approximate surface area is 90.7 Å². The first-order valence-electron chi connectivity index (χ1n) is 5.08. The number of rotatable bonds is 3. The summed E-state index contributed by atoms with van der Waals surface area (Å²) in [5.74, 6) is -0.0766. The van der Waals surface area contributed by atoms with Crippen LogP contribution in [0.3, 0.4) is 0 Å².